The van der Waals surface area contributed by atoms with E-state index in [1.165, 1.54) is 30.8 Å². The number of furan rings is 1. The number of hydrogen-bond acceptors (Lipinski definition) is 4. The van der Waals surface area contributed by atoms with Crippen LogP contribution in [0.1, 0.15) is 23.0 Å². The topological polar surface area (TPSA) is 57.3 Å². The minimum Gasteiger partial charge on any atom is -0.493 e. The summed E-state index contributed by atoms with van der Waals surface area (Å²) in [6.07, 6.45) is 1.68. The zero-order valence-corrected chi connectivity index (χ0v) is 15.2. The number of ether oxygens (including phenoxy) is 1. The van der Waals surface area contributed by atoms with Crippen molar-refractivity contribution in [3.63, 3.8) is 0 Å². The van der Waals surface area contributed by atoms with Gasteiger partial charge in [-0.15, -0.1) is 0 Å². The molecule has 0 spiro atoms. The van der Waals surface area contributed by atoms with Crippen LogP contribution in [-0.4, -0.2) is 22.7 Å². The van der Waals surface area contributed by atoms with Gasteiger partial charge < -0.3 is 9.15 Å². The van der Waals surface area contributed by atoms with E-state index in [0.29, 0.717) is 22.4 Å². The smallest absolute Gasteiger partial charge is 0.194 e. The van der Waals surface area contributed by atoms with Crippen molar-refractivity contribution in [2.45, 2.75) is 13.5 Å². The molecule has 0 aliphatic heterocycles. The molecule has 5 nitrogen and oxygen atoms in total. The zero-order valence-electron chi connectivity index (χ0n) is 15.2. The summed E-state index contributed by atoms with van der Waals surface area (Å²) in [5, 5.41) is 5.15. The Balaban J connectivity index is 1.75. The molecule has 0 aliphatic carbocycles. The second-order valence-corrected chi connectivity index (χ2v) is 6.34. The normalized spacial score (nSPS) is 11.1. The third-order valence-corrected chi connectivity index (χ3v) is 4.49. The van der Waals surface area contributed by atoms with Gasteiger partial charge in [0.1, 0.15) is 0 Å². The molecule has 2 aromatic carbocycles. The SMILES string of the molecule is COc1ccc(-c2ccn(Cc3cccc(F)c3F)n2)c2cc(C(C)=O)oc12. The fraction of sp³-hybridized carbons (Fsp3) is 0.143. The van der Waals surface area contributed by atoms with E-state index in [0.717, 1.165) is 11.6 Å². The third kappa shape index (κ3) is 3.05. The number of rotatable bonds is 5. The Labute approximate surface area is 159 Å². The van der Waals surface area contributed by atoms with Gasteiger partial charge in [-0.2, -0.15) is 5.10 Å². The molecule has 0 aliphatic rings. The lowest BCUT2D eigenvalue weighted by Gasteiger charge is -2.05. The summed E-state index contributed by atoms with van der Waals surface area (Å²) in [5.74, 6) is -1.24. The standard InChI is InChI=1S/C21H16F2N2O3/c1-12(26)19-10-15-14(6-7-18(27-2)21(15)28-19)17-8-9-25(24-17)11-13-4-3-5-16(22)20(13)23/h3-10H,11H2,1-2H3. The number of hydrogen-bond donors (Lipinski definition) is 0. The van der Waals surface area contributed by atoms with Gasteiger partial charge in [0, 0.05) is 29.6 Å². The Kier molecular flexibility index (Phi) is 4.43. The number of Topliss-reactive ketones (excluding diaryl/α,β-unsaturated/α-hetero) is 1. The van der Waals surface area contributed by atoms with E-state index in [-0.39, 0.29) is 23.7 Å². The average Bonchev–Trinajstić information content (AvgIpc) is 3.32. The average molecular weight is 382 g/mol. The van der Waals surface area contributed by atoms with Crippen LogP contribution in [0.15, 0.2) is 53.1 Å². The molecule has 2 heterocycles. The Morgan fingerprint density at radius 3 is 2.79 bits per heavy atom. The number of methoxy groups -OCH3 is 1. The summed E-state index contributed by atoms with van der Waals surface area (Å²) in [5.41, 5.74) is 2.01. The summed E-state index contributed by atoms with van der Waals surface area (Å²) in [6, 6.07) is 11.0. The zero-order chi connectivity index (χ0) is 19.8. The van der Waals surface area contributed by atoms with E-state index in [9.17, 15) is 13.6 Å². The molecule has 2 aromatic heterocycles. The van der Waals surface area contributed by atoms with Gasteiger partial charge in [0.15, 0.2) is 34.5 Å². The Morgan fingerprint density at radius 1 is 1.21 bits per heavy atom. The largest absolute Gasteiger partial charge is 0.493 e. The highest BCUT2D eigenvalue weighted by atomic mass is 19.2. The van der Waals surface area contributed by atoms with E-state index in [1.54, 1.807) is 24.4 Å². The second kappa shape index (κ2) is 6.92. The van der Waals surface area contributed by atoms with Gasteiger partial charge in [0.2, 0.25) is 0 Å². The molecule has 0 saturated carbocycles. The highest BCUT2D eigenvalue weighted by Gasteiger charge is 2.18. The van der Waals surface area contributed by atoms with Crippen LogP contribution in [0.2, 0.25) is 0 Å². The van der Waals surface area contributed by atoms with Crippen molar-refractivity contribution in [2.24, 2.45) is 0 Å². The Hall–Kier alpha value is -3.48. The lowest BCUT2D eigenvalue weighted by Crippen LogP contribution is -2.04. The van der Waals surface area contributed by atoms with Crippen molar-refractivity contribution in [3.8, 4) is 17.0 Å². The molecule has 4 aromatic rings. The predicted octanol–water partition coefficient (Wildman–Crippen LogP) is 4.83. The van der Waals surface area contributed by atoms with Gasteiger partial charge in [-0.05, 0) is 30.3 Å². The number of benzene rings is 2. The van der Waals surface area contributed by atoms with E-state index in [4.69, 9.17) is 9.15 Å². The molecule has 0 atom stereocenters. The van der Waals surface area contributed by atoms with Crippen molar-refractivity contribution in [1.29, 1.82) is 0 Å². The maximum atomic E-state index is 13.9. The van der Waals surface area contributed by atoms with Gasteiger partial charge >= 0.3 is 0 Å². The fourth-order valence-corrected chi connectivity index (χ4v) is 3.09. The molecule has 0 bridgehead atoms. The minimum atomic E-state index is -0.892. The van der Waals surface area contributed by atoms with Gasteiger partial charge in [-0.25, -0.2) is 8.78 Å². The lowest BCUT2D eigenvalue weighted by atomic mass is 10.1. The van der Waals surface area contributed by atoms with Crippen LogP contribution in [0.25, 0.3) is 22.2 Å². The summed E-state index contributed by atoms with van der Waals surface area (Å²) >= 11 is 0. The van der Waals surface area contributed by atoms with Crippen molar-refractivity contribution in [1.82, 2.24) is 9.78 Å². The van der Waals surface area contributed by atoms with Crippen LogP contribution >= 0.6 is 0 Å². The molecule has 4 rings (SSSR count). The summed E-state index contributed by atoms with van der Waals surface area (Å²) in [6.45, 7) is 1.51. The van der Waals surface area contributed by atoms with Crippen molar-refractivity contribution < 1.29 is 22.7 Å². The number of fused-ring (bicyclic) bond motifs is 1. The number of halogens is 2. The van der Waals surface area contributed by atoms with Crippen molar-refractivity contribution >= 4 is 16.8 Å². The van der Waals surface area contributed by atoms with Gasteiger partial charge in [-0.1, -0.05) is 12.1 Å². The molecule has 0 N–H and O–H groups in total. The molecule has 0 unspecified atom stereocenters. The molecule has 0 radical (unpaired) electrons. The van der Waals surface area contributed by atoms with E-state index < -0.39 is 11.6 Å². The quantitative estimate of drug-likeness (QED) is 0.464. The molecule has 0 fully saturated rings. The van der Waals surface area contributed by atoms with Crippen molar-refractivity contribution in [2.75, 3.05) is 7.11 Å². The molecule has 0 saturated heterocycles. The van der Waals surface area contributed by atoms with Gasteiger partial charge in [0.25, 0.3) is 0 Å². The highest BCUT2D eigenvalue weighted by molar-refractivity contribution is 6.02. The lowest BCUT2D eigenvalue weighted by molar-refractivity contribution is 0.0989. The fourth-order valence-electron chi connectivity index (χ4n) is 3.09. The van der Waals surface area contributed by atoms with Gasteiger partial charge in [-0.3, -0.25) is 9.48 Å². The molecular weight excluding hydrogens is 366 g/mol. The van der Waals surface area contributed by atoms with E-state index in [2.05, 4.69) is 5.10 Å². The number of aromatic nitrogens is 2. The molecular formula is C21H16F2N2O3. The first-order chi connectivity index (χ1) is 13.5. The first kappa shape index (κ1) is 17.9. The maximum Gasteiger partial charge on any atom is 0.194 e. The van der Waals surface area contributed by atoms with Crippen LogP contribution in [0.3, 0.4) is 0 Å². The van der Waals surface area contributed by atoms with Crippen LogP contribution < -0.4 is 4.74 Å². The third-order valence-electron chi connectivity index (χ3n) is 4.49. The molecule has 7 heteroatoms. The minimum absolute atomic E-state index is 0.0903. The van der Waals surface area contributed by atoms with E-state index >= 15 is 0 Å². The van der Waals surface area contributed by atoms with E-state index in [1.807, 2.05) is 6.07 Å². The van der Waals surface area contributed by atoms with Crippen LogP contribution in [0.4, 0.5) is 8.78 Å². The summed E-state index contributed by atoms with van der Waals surface area (Å²) in [4.78, 5) is 11.7. The maximum absolute atomic E-state index is 13.9. The predicted molar refractivity (Wildman–Crippen MR) is 99.5 cm³/mol. The van der Waals surface area contributed by atoms with Crippen LogP contribution in [-0.2, 0) is 6.54 Å². The van der Waals surface area contributed by atoms with Crippen molar-refractivity contribution in [3.05, 3.63) is 71.6 Å². The summed E-state index contributed by atoms with van der Waals surface area (Å²) in [7, 11) is 1.52. The monoisotopic (exact) mass is 382 g/mol. The Bertz CT molecular complexity index is 1190. The number of ketones is 1. The molecule has 0 amide bonds. The first-order valence-electron chi connectivity index (χ1n) is 8.56. The van der Waals surface area contributed by atoms with Crippen LogP contribution in [0.5, 0.6) is 5.75 Å². The number of carbonyl (C=O) groups is 1. The first-order valence-corrected chi connectivity index (χ1v) is 8.56. The highest BCUT2D eigenvalue weighted by Crippen LogP contribution is 2.36. The summed E-state index contributed by atoms with van der Waals surface area (Å²) < 4.78 is 39.8. The second-order valence-electron chi connectivity index (χ2n) is 6.34. The Morgan fingerprint density at radius 2 is 2.04 bits per heavy atom. The van der Waals surface area contributed by atoms with Gasteiger partial charge in [0.05, 0.1) is 19.3 Å². The molecule has 28 heavy (non-hydrogen) atoms. The number of nitrogens with zero attached hydrogens (tertiary/aromatic N) is 2. The number of carbonyl (C=O) groups excluding carboxylic acids is 1. The molecule has 142 valence electrons. The van der Waals surface area contributed by atoms with Crippen LogP contribution in [0, 0.1) is 11.6 Å².